The summed E-state index contributed by atoms with van der Waals surface area (Å²) in [6.45, 7) is 5.11. The standard InChI is InChI=1S/C9H19N3O/c1-6-4-8(6)5-12(3)7(2)9(13)11-10/h6-8H,4-5,10H2,1-3H3,(H,11,13). The Kier molecular flexibility index (Phi) is 3.27. The molecule has 3 atom stereocenters. The van der Waals surface area contributed by atoms with E-state index in [2.05, 4.69) is 17.2 Å². The minimum Gasteiger partial charge on any atom is -0.295 e. The van der Waals surface area contributed by atoms with Gasteiger partial charge < -0.3 is 0 Å². The molecule has 4 nitrogen and oxygen atoms in total. The molecule has 1 aliphatic carbocycles. The summed E-state index contributed by atoms with van der Waals surface area (Å²) < 4.78 is 0. The lowest BCUT2D eigenvalue weighted by Crippen LogP contribution is -2.46. The second kappa shape index (κ2) is 4.07. The molecule has 1 amide bonds. The van der Waals surface area contributed by atoms with Gasteiger partial charge in [-0.1, -0.05) is 6.92 Å². The van der Waals surface area contributed by atoms with Crippen molar-refractivity contribution in [3.8, 4) is 0 Å². The minimum atomic E-state index is -0.127. The van der Waals surface area contributed by atoms with E-state index in [1.54, 1.807) is 0 Å². The van der Waals surface area contributed by atoms with Gasteiger partial charge in [0.1, 0.15) is 0 Å². The molecule has 0 bridgehead atoms. The normalized spacial score (nSPS) is 28.7. The molecule has 0 saturated heterocycles. The van der Waals surface area contributed by atoms with Crippen LogP contribution in [0, 0.1) is 11.8 Å². The molecule has 0 radical (unpaired) electrons. The maximum absolute atomic E-state index is 11.2. The number of hydrogen-bond donors (Lipinski definition) is 2. The Morgan fingerprint density at radius 3 is 2.69 bits per heavy atom. The molecule has 0 aromatic heterocycles. The van der Waals surface area contributed by atoms with Gasteiger partial charge in [-0.2, -0.15) is 0 Å². The van der Waals surface area contributed by atoms with E-state index in [1.807, 2.05) is 14.0 Å². The van der Waals surface area contributed by atoms with E-state index in [1.165, 1.54) is 6.42 Å². The van der Waals surface area contributed by atoms with Crippen molar-refractivity contribution in [1.29, 1.82) is 0 Å². The number of nitrogens with two attached hydrogens (primary N) is 1. The monoisotopic (exact) mass is 185 g/mol. The first-order valence-electron chi connectivity index (χ1n) is 4.77. The van der Waals surface area contributed by atoms with Crippen molar-refractivity contribution in [2.75, 3.05) is 13.6 Å². The van der Waals surface area contributed by atoms with E-state index >= 15 is 0 Å². The smallest absolute Gasteiger partial charge is 0.250 e. The molecule has 3 N–H and O–H groups in total. The molecule has 0 aliphatic heterocycles. The summed E-state index contributed by atoms with van der Waals surface area (Å²) in [7, 11) is 1.96. The lowest BCUT2D eigenvalue weighted by Gasteiger charge is -2.22. The number of rotatable bonds is 4. The fraction of sp³-hybridized carbons (Fsp3) is 0.889. The molecule has 0 heterocycles. The van der Waals surface area contributed by atoms with E-state index in [0.29, 0.717) is 0 Å². The van der Waals surface area contributed by atoms with Crippen LogP contribution < -0.4 is 11.3 Å². The summed E-state index contributed by atoms with van der Waals surface area (Å²) in [6, 6.07) is -0.127. The molecule has 1 fully saturated rings. The van der Waals surface area contributed by atoms with Gasteiger partial charge in [-0.15, -0.1) is 0 Å². The van der Waals surface area contributed by atoms with Crippen molar-refractivity contribution < 1.29 is 4.79 Å². The lowest BCUT2D eigenvalue weighted by molar-refractivity contribution is -0.125. The minimum absolute atomic E-state index is 0.115. The van der Waals surface area contributed by atoms with Gasteiger partial charge in [0.25, 0.3) is 5.91 Å². The van der Waals surface area contributed by atoms with Gasteiger partial charge in [-0.3, -0.25) is 15.1 Å². The number of nitrogens with one attached hydrogen (secondary N) is 1. The van der Waals surface area contributed by atoms with Crippen LogP contribution in [-0.2, 0) is 4.79 Å². The number of nitrogens with zero attached hydrogens (tertiary/aromatic N) is 1. The second-order valence-electron chi connectivity index (χ2n) is 4.10. The van der Waals surface area contributed by atoms with Gasteiger partial charge in [0.2, 0.25) is 0 Å². The van der Waals surface area contributed by atoms with Crippen LogP contribution in [0.5, 0.6) is 0 Å². The van der Waals surface area contributed by atoms with Crippen LogP contribution in [0.3, 0.4) is 0 Å². The maximum Gasteiger partial charge on any atom is 0.250 e. The van der Waals surface area contributed by atoms with Gasteiger partial charge in [-0.25, -0.2) is 5.84 Å². The molecule has 3 unspecified atom stereocenters. The predicted molar refractivity (Wildman–Crippen MR) is 51.7 cm³/mol. The van der Waals surface area contributed by atoms with E-state index in [4.69, 9.17) is 5.84 Å². The lowest BCUT2D eigenvalue weighted by atomic mass is 10.2. The highest BCUT2D eigenvalue weighted by molar-refractivity contribution is 5.80. The molecule has 0 aromatic carbocycles. The molecule has 0 spiro atoms. The number of carbonyl (C=O) groups excluding carboxylic acids is 1. The van der Waals surface area contributed by atoms with Crippen LogP contribution in [-0.4, -0.2) is 30.4 Å². The number of carbonyl (C=O) groups is 1. The highest BCUT2D eigenvalue weighted by atomic mass is 16.2. The third-order valence-electron chi connectivity index (χ3n) is 2.98. The highest BCUT2D eigenvalue weighted by Gasteiger charge is 2.34. The van der Waals surface area contributed by atoms with Gasteiger partial charge in [-0.05, 0) is 32.2 Å². The summed E-state index contributed by atoms with van der Waals surface area (Å²) in [4.78, 5) is 13.2. The molecule has 1 rings (SSSR count). The van der Waals surface area contributed by atoms with Gasteiger partial charge in [0.05, 0.1) is 6.04 Å². The number of amides is 1. The Hall–Kier alpha value is -0.610. The third kappa shape index (κ3) is 2.67. The first-order chi connectivity index (χ1) is 6.06. The fourth-order valence-electron chi connectivity index (χ4n) is 1.50. The fourth-order valence-corrected chi connectivity index (χ4v) is 1.50. The first kappa shape index (κ1) is 10.5. The molecule has 76 valence electrons. The largest absolute Gasteiger partial charge is 0.295 e. The first-order valence-corrected chi connectivity index (χ1v) is 4.77. The zero-order chi connectivity index (χ0) is 10.0. The molecule has 1 aliphatic rings. The number of hydrazine groups is 1. The van der Waals surface area contributed by atoms with Crippen LogP contribution in [0.1, 0.15) is 20.3 Å². The molecular weight excluding hydrogens is 166 g/mol. The average molecular weight is 185 g/mol. The van der Waals surface area contributed by atoms with Gasteiger partial charge >= 0.3 is 0 Å². The van der Waals surface area contributed by atoms with E-state index in [0.717, 1.165) is 18.4 Å². The highest BCUT2D eigenvalue weighted by Crippen LogP contribution is 2.38. The summed E-state index contributed by atoms with van der Waals surface area (Å²) in [5.41, 5.74) is 2.17. The Labute approximate surface area is 79.4 Å². The summed E-state index contributed by atoms with van der Waals surface area (Å²) >= 11 is 0. The quantitative estimate of drug-likeness (QED) is 0.367. The molecule has 13 heavy (non-hydrogen) atoms. The number of likely N-dealkylation sites (N-methyl/N-ethyl adjacent to an activating group) is 1. The van der Waals surface area contributed by atoms with E-state index in [-0.39, 0.29) is 11.9 Å². The van der Waals surface area contributed by atoms with E-state index < -0.39 is 0 Å². The second-order valence-corrected chi connectivity index (χ2v) is 4.10. The summed E-state index contributed by atoms with van der Waals surface area (Å²) in [5.74, 6) is 6.55. The van der Waals surface area contributed by atoms with Crippen LogP contribution in [0.4, 0.5) is 0 Å². The predicted octanol–water partition coefficient (Wildman–Crippen LogP) is -0.0474. The van der Waals surface area contributed by atoms with Crippen molar-refractivity contribution >= 4 is 5.91 Å². The molecule has 0 aromatic rings. The van der Waals surface area contributed by atoms with Crippen molar-refractivity contribution in [2.24, 2.45) is 17.7 Å². The summed E-state index contributed by atoms with van der Waals surface area (Å²) in [5, 5.41) is 0. The third-order valence-corrected chi connectivity index (χ3v) is 2.98. The molecule has 4 heteroatoms. The maximum atomic E-state index is 11.2. The van der Waals surface area contributed by atoms with Crippen LogP contribution in [0.25, 0.3) is 0 Å². The van der Waals surface area contributed by atoms with Crippen molar-refractivity contribution in [1.82, 2.24) is 10.3 Å². The van der Waals surface area contributed by atoms with Crippen LogP contribution in [0.2, 0.25) is 0 Å². The Bertz CT molecular complexity index is 195. The Balaban J connectivity index is 2.29. The van der Waals surface area contributed by atoms with Gasteiger partial charge in [0.15, 0.2) is 0 Å². The van der Waals surface area contributed by atoms with Gasteiger partial charge in [0, 0.05) is 6.54 Å². The Morgan fingerprint density at radius 1 is 1.77 bits per heavy atom. The average Bonchev–Trinajstić information content (AvgIpc) is 2.79. The molecule has 1 saturated carbocycles. The zero-order valence-electron chi connectivity index (χ0n) is 8.58. The number of hydrogen-bond acceptors (Lipinski definition) is 3. The topological polar surface area (TPSA) is 58.4 Å². The van der Waals surface area contributed by atoms with E-state index in [9.17, 15) is 4.79 Å². The Morgan fingerprint density at radius 2 is 2.31 bits per heavy atom. The van der Waals surface area contributed by atoms with Crippen molar-refractivity contribution in [2.45, 2.75) is 26.3 Å². The molecular formula is C9H19N3O. The van der Waals surface area contributed by atoms with Crippen LogP contribution in [0.15, 0.2) is 0 Å². The van der Waals surface area contributed by atoms with Crippen molar-refractivity contribution in [3.63, 3.8) is 0 Å². The van der Waals surface area contributed by atoms with Crippen molar-refractivity contribution in [3.05, 3.63) is 0 Å². The van der Waals surface area contributed by atoms with Crippen LogP contribution >= 0.6 is 0 Å². The zero-order valence-corrected chi connectivity index (χ0v) is 8.58. The summed E-state index contributed by atoms with van der Waals surface area (Å²) in [6.07, 6.45) is 1.29. The SMILES string of the molecule is CC1CC1CN(C)C(C)C(=O)NN.